The van der Waals surface area contributed by atoms with Gasteiger partial charge in [-0.05, 0) is 70.2 Å². The molecule has 0 saturated carbocycles. The van der Waals surface area contributed by atoms with Gasteiger partial charge in [-0.2, -0.15) is 0 Å². The van der Waals surface area contributed by atoms with Gasteiger partial charge >= 0.3 is 0 Å². The molecule has 4 rings (SSSR count). The highest BCUT2D eigenvalue weighted by atomic mass is 14.6. The molecular weight excluding hydrogens is 446 g/mol. The van der Waals surface area contributed by atoms with Crippen LogP contribution >= 0.6 is 0 Å². The predicted molar refractivity (Wildman–Crippen MR) is 177 cm³/mol. The summed E-state index contributed by atoms with van der Waals surface area (Å²) in [5, 5.41) is 0. The maximum Gasteiger partial charge on any atom is 0.0267 e. The van der Waals surface area contributed by atoms with E-state index in [4.69, 9.17) is 0 Å². The summed E-state index contributed by atoms with van der Waals surface area (Å²) >= 11 is 0. The molecule has 1 aromatic heterocycles. The molecule has 0 spiro atoms. The normalized spacial score (nSPS) is 13.0. The zero-order valence-electron chi connectivity index (χ0n) is 27.9. The fourth-order valence-electron chi connectivity index (χ4n) is 2.92. The Morgan fingerprint density at radius 2 is 0.649 bits per heavy atom. The SMILES string of the molecule is CC.CC.CC.CC.CC.CC.CC1=CC=C(C)C1.CC1=CC=C(C2=CC=C(C)C2)C1.c1ccncc1. The number of allylic oxidation sites excluding steroid dienone is 12. The molecule has 0 atom stereocenters. The van der Waals surface area contributed by atoms with E-state index < -0.39 is 0 Å². The summed E-state index contributed by atoms with van der Waals surface area (Å²) < 4.78 is 0. The molecule has 1 heterocycles. The van der Waals surface area contributed by atoms with Gasteiger partial charge < -0.3 is 0 Å². The van der Waals surface area contributed by atoms with Gasteiger partial charge in [0.05, 0.1) is 0 Å². The lowest BCUT2D eigenvalue weighted by atomic mass is 10.0. The second kappa shape index (κ2) is 38.1. The molecule has 0 bridgehead atoms. The van der Waals surface area contributed by atoms with E-state index in [1.54, 1.807) is 12.4 Å². The second-order valence-electron chi connectivity index (χ2n) is 6.99. The molecule has 0 aliphatic heterocycles. The Kier molecular flexibility index (Phi) is 45.9. The Balaban J connectivity index is -0.000000119. The van der Waals surface area contributed by atoms with E-state index in [0.29, 0.717) is 0 Å². The molecule has 1 heteroatoms. The highest BCUT2D eigenvalue weighted by Gasteiger charge is 2.12. The lowest BCUT2D eigenvalue weighted by molar-refractivity contribution is 1.09. The minimum absolute atomic E-state index is 1.16. The van der Waals surface area contributed by atoms with Gasteiger partial charge in [-0.1, -0.05) is 148 Å². The number of nitrogens with zero attached hydrogens (tertiary/aromatic N) is 1. The molecule has 0 saturated heterocycles. The molecule has 0 radical (unpaired) electrons. The van der Waals surface area contributed by atoms with Crippen LogP contribution in [0.4, 0.5) is 0 Å². The van der Waals surface area contributed by atoms with Crippen molar-refractivity contribution < 1.29 is 0 Å². The summed E-state index contributed by atoms with van der Waals surface area (Å²) in [6, 6.07) is 5.72. The summed E-state index contributed by atoms with van der Waals surface area (Å²) in [5.41, 5.74) is 8.96. The van der Waals surface area contributed by atoms with Crippen molar-refractivity contribution in [2.45, 2.75) is 130 Å². The molecule has 0 unspecified atom stereocenters. The first-order valence-corrected chi connectivity index (χ1v) is 15.0. The molecule has 37 heavy (non-hydrogen) atoms. The van der Waals surface area contributed by atoms with Crippen molar-refractivity contribution in [2.24, 2.45) is 0 Å². The first-order chi connectivity index (χ1) is 18.0. The molecule has 3 aliphatic carbocycles. The van der Waals surface area contributed by atoms with Crippen molar-refractivity contribution >= 4 is 0 Å². The minimum Gasteiger partial charge on any atom is -0.265 e. The lowest BCUT2D eigenvalue weighted by Crippen LogP contribution is -1.85. The van der Waals surface area contributed by atoms with E-state index in [1.807, 2.05) is 101 Å². The summed E-state index contributed by atoms with van der Waals surface area (Å²) in [5.74, 6) is 0. The van der Waals surface area contributed by atoms with Crippen LogP contribution in [-0.2, 0) is 0 Å². The van der Waals surface area contributed by atoms with Crippen molar-refractivity contribution in [1.82, 2.24) is 4.98 Å². The van der Waals surface area contributed by atoms with Gasteiger partial charge in [0.1, 0.15) is 0 Å². The van der Waals surface area contributed by atoms with Gasteiger partial charge in [-0.15, -0.1) is 0 Å². The van der Waals surface area contributed by atoms with Gasteiger partial charge in [0.2, 0.25) is 0 Å². The Labute approximate surface area is 235 Å². The third-order valence-corrected chi connectivity index (χ3v) is 4.27. The van der Waals surface area contributed by atoms with Crippen molar-refractivity contribution in [3.63, 3.8) is 0 Å². The Bertz CT molecular complexity index is 676. The summed E-state index contributed by atoms with van der Waals surface area (Å²) in [6.07, 6.45) is 20.3. The monoisotopic (exact) mass is 512 g/mol. The van der Waals surface area contributed by atoms with Crippen LogP contribution in [0.25, 0.3) is 0 Å². The van der Waals surface area contributed by atoms with Gasteiger partial charge in [-0.3, -0.25) is 4.98 Å². The van der Waals surface area contributed by atoms with Crippen molar-refractivity contribution in [3.8, 4) is 0 Å². The predicted octanol–water partition coefficient (Wildman–Crippen LogP) is 13.1. The van der Waals surface area contributed by atoms with Crippen LogP contribution in [0.2, 0.25) is 0 Å². The molecule has 214 valence electrons. The lowest BCUT2D eigenvalue weighted by Gasteiger charge is -2.03. The molecule has 0 aromatic carbocycles. The van der Waals surface area contributed by atoms with Gasteiger partial charge in [0.25, 0.3) is 0 Å². The van der Waals surface area contributed by atoms with Crippen LogP contribution in [-0.4, -0.2) is 4.98 Å². The second-order valence-corrected chi connectivity index (χ2v) is 6.99. The van der Waals surface area contributed by atoms with E-state index in [0.717, 1.165) is 12.8 Å². The number of aromatic nitrogens is 1. The highest BCUT2D eigenvalue weighted by Crippen LogP contribution is 2.31. The van der Waals surface area contributed by atoms with E-state index in [2.05, 4.69) is 69.1 Å². The molecule has 0 fully saturated rings. The van der Waals surface area contributed by atoms with Gasteiger partial charge in [0, 0.05) is 12.4 Å². The van der Waals surface area contributed by atoms with Crippen molar-refractivity contribution in [1.29, 1.82) is 0 Å². The Morgan fingerprint density at radius 1 is 0.378 bits per heavy atom. The van der Waals surface area contributed by atoms with Crippen LogP contribution in [0.15, 0.2) is 100 Å². The maximum atomic E-state index is 3.78. The molecule has 0 N–H and O–H groups in total. The number of rotatable bonds is 1. The first-order valence-electron chi connectivity index (χ1n) is 15.0. The average Bonchev–Trinajstić information content (AvgIpc) is 3.73. The van der Waals surface area contributed by atoms with E-state index in [9.17, 15) is 0 Å². The van der Waals surface area contributed by atoms with Crippen LogP contribution in [0, 0.1) is 0 Å². The molecule has 0 amide bonds. The zero-order chi connectivity index (χ0) is 30.1. The van der Waals surface area contributed by atoms with E-state index in [1.165, 1.54) is 39.9 Å². The summed E-state index contributed by atoms with van der Waals surface area (Å²) in [7, 11) is 0. The smallest absolute Gasteiger partial charge is 0.0267 e. The van der Waals surface area contributed by atoms with Gasteiger partial charge in [-0.25, -0.2) is 0 Å². The fourth-order valence-corrected chi connectivity index (χ4v) is 2.92. The Morgan fingerprint density at radius 3 is 0.784 bits per heavy atom. The number of hydrogen-bond acceptors (Lipinski definition) is 1. The van der Waals surface area contributed by atoms with E-state index >= 15 is 0 Å². The third kappa shape index (κ3) is 28.0. The summed E-state index contributed by atoms with van der Waals surface area (Å²) in [4.78, 5) is 3.78. The Hall–Kier alpha value is -2.41. The quantitative estimate of drug-likeness (QED) is 0.365. The summed E-state index contributed by atoms with van der Waals surface area (Å²) in [6.45, 7) is 32.7. The molecular formula is C36H65N. The molecule has 1 nitrogen and oxygen atoms in total. The van der Waals surface area contributed by atoms with Crippen LogP contribution in [0.3, 0.4) is 0 Å². The van der Waals surface area contributed by atoms with Crippen molar-refractivity contribution in [3.05, 3.63) is 100 Å². The van der Waals surface area contributed by atoms with Crippen LogP contribution in [0.5, 0.6) is 0 Å². The van der Waals surface area contributed by atoms with Crippen LogP contribution in [0.1, 0.15) is 130 Å². The molecule has 1 aromatic rings. The largest absolute Gasteiger partial charge is 0.265 e. The van der Waals surface area contributed by atoms with Gasteiger partial charge in [0.15, 0.2) is 0 Å². The minimum atomic E-state index is 1.16. The van der Waals surface area contributed by atoms with Crippen molar-refractivity contribution in [2.75, 3.05) is 0 Å². The third-order valence-electron chi connectivity index (χ3n) is 4.27. The maximum absolute atomic E-state index is 3.78. The highest BCUT2D eigenvalue weighted by molar-refractivity contribution is 5.48. The first kappa shape index (κ1) is 44.6. The van der Waals surface area contributed by atoms with Crippen LogP contribution < -0.4 is 0 Å². The topological polar surface area (TPSA) is 12.9 Å². The molecule has 3 aliphatic rings. The number of pyridine rings is 1. The van der Waals surface area contributed by atoms with E-state index in [-0.39, 0.29) is 0 Å². The fraction of sp³-hybridized carbons (Fsp3) is 0.528. The number of hydrogen-bond donors (Lipinski definition) is 0. The zero-order valence-corrected chi connectivity index (χ0v) is 27.9. The standard InChI is InChI=1S/C12H14.C7H10.C5H5N.6C2H6/c1-9-3-5-11(7-9)12-6-4-10(2)8-12;1-6-3-4-7(2)5-6;1-2-4-6-5-3-1;6*1-2/h3-6H,7-8H2,1-2H3;3-4H,5H2,1-2H3;1-5H;6*1-2H3. The average molecular weight is 512 g/mol.